The predicted octanol–water partition coefficient (Wildman–Crippen LogP) is 2.81. The van der Waals surface area contributed by atoms with Crippen LogP contribution in [0.4, 0.5) is 0 Å². The molecular formula is C21H20O4. The summed E-state index contributed by atoms with van der Waals surface area (Å²) in [4.78, 5) is 49.8. The van der Waals surface area contributed by atoms with E-state index in [0.717, 1.165) is 0 Å². The number of hydrogen-bond acceptors (Lipinski definition) is 4. The summed E-state index contributed by atoms with van der Waals surface area (Å²) >= 11 is 0. The van der Waals surface area contributed by atoms with Crippen LogP contribution in [0, 0.1) is 17.8 Å². The van der Waals surface area contributed by atoms with Crippen molar-refractivity contribution in [3.8, 4) is 0 Å². The fraction of sp³-hybridized carbons (Fsp3) is 0.429. The number of rotatable bonds is 5. The number of ketones is 4. The van der Waals surface area contributed by atoms with Gasteiger partial charge in [-0.15, -0.1) is 0 Å². The van der Waals surface area contributed by atoms with E-state index in [9.17, 15) is 19.2 Å². The smallest absolute Gasteiger partial charge is 0.233 e. The highest BCUT2D eigenvalue weighted by Gasteiger charge is 2.46. The molecule has 0 heterocycles. The van der Waals surface area contributed by atoms with Crippen LogP contribution in [-0.2, 0) is 19.2 Å². The lowest BCUT2D eigenvalue weighted by Gasteiger charge is -2.20. The van der Waals surface area contributed by atoms with Crippen LogP contribution in [0.15, 0.2) is 42.0 Å². The highest BCUT2D eigenvalue weighted by Crippen LogP contribution is 2.51. The van der Waals surface area contributed by atoms with E-state index in [1.54, 1.807) is 36.4 Å². The Balaban J connectivity index is 1.58. The van der Waals surface area contributed by atoms with Gasteiger partial charge in [0.25, 0.3) is 0 Å². The van der Waals surface area contributed by atoms with Crippen molar-refractivity contribution >= 4 is 23.1 Å². The average molecular weight is 336 g/mol. The molecule has 0 amide bonds. The van der Waals surface area contributed by atoms with E-state index in [2.05, 4.69) is 0 Å². The third-order valence-corrected chi connectivity index (χ3v) is 5.64. The van der Waals surface area contributed by atoms with Gasteiger partial charge in [-0.2, -0.15) is 0 Å². The van der Waals surface area contributed by atoms with Crippen LogP contribution in [0.5, 0.6) is 0 Å². The lowest BCUT2D eigenvalue weighted by Crippen LogP contribution is -2.42. The zero-order chi connectivity index (χ0) is 17.6. The molecule has 3 aliphatic carbocycles. The number of benzene rings is 1. The zero-order valence-electron chi connectivity index (χ0n) is 13.9. The van der Waals surface area contributed by atoms with Crippen molar-refractivity contribution in [3.63, 3.8) is 0 Å². The van der Waals surface area contributed by atoms with Crippen LogP contribution >= 0.6 is 0 Å². The van der Waals surface area contributed by atoms with Gasteiger partial charge in [0.05, 0.1) is 5.57 Å². The first kappa shape index (κ1) is 16.1. The topological polar surface area (TPSA) is 68.3 Å². The molecule has 0 bridgehead atoms. The van der Waals surface area contributed by atoms with Crippen LogP contribution in [0.3, 0.4) is 0 Å². The fourth-order valence-corrected chi connectivity index (χ4v) is 3.96. The maximum absolute atomic E-state index is 12.5. The maximum Gasteiger partial charge on any atom is 0.233 e. The van der Waals surface area contributed by atoms with Gasteiger partial charge in [0.2, 0.25) is 23.1 Å². The Bertz CT molecular complexity index is 739. The Morgan fingerprint density at radius 2 is 1.36 bits per heavy atom. The molecule has 4 heteroatoms. The van der Waals surface area contributed by atoms with Crippen LogP contribution in [0.25, 0.3) is 0 Å². The van der Waals surface area contributed by atoms with Gasteiger partial charge in [-0.1, -0.05) is 36.4 Å². The minimum Gasteiger partial charge on any atom is -0.289 e. The van der Waals surface area contributed by atoms with E-state index >= 15 is 0 Å². The first-order valence-corrected chi connectivity index (χ1v) is 9.00. The molecule has 0 saturated heterocycles. The van der Waals surface area contributed by atoms with Gasteiger partial charge in [-0.25, -0.2) is 0 Å². The summed E-state index contributed by atoms with van der Waals surface area (Å²) in [5.74, 6) is -2.59. The summed E-state index contributed by atoms with van der Waals surface area (Å²) in [6.07, 6.45) is 7.03. The Labute approximate surface area is 146 Å². The van der Waals surface area contributed by atoms with Crippen LogP contribution in [-0.4, -0.2) is 23.1 Å². The van der Waals surface area contributed by atoms with Crippen molar-refractivity contribution in [2.75, 3.05) is 0 Å². The minimum absolute atomic E-state index is 0.200. The molecule has 0 aliphatic heterocycles. The molecule has 0 aromatic heterocycles. The van der Waals surface area contributed by atoms with Crippen molar-refractivity contribution in [3.05, 3.63) is 47.5 Å². The van der Waals surface area contributed by atoms with Gasteiger partial charge >= 0.3 is 0 Å². The molecule has 1 aromatic rings. The Hall–Kier alpha value is -2.36. The average Bonchev–Trinajstić information content (AvgIpc) is 3.51. The van der Waals surface area contributed by atoms with E-state index in [-0.39, 0.29) is 5.57 Å². The largest absolute Gasteiger partial charge is 0.289 e. The highest BCUT2D eigenvalue weighted by atomic mass is 16.2. The maximum atomic E-state index is 12.5. The van der Waals surface area contributed by atoms with Crippen LogP contribution < -0.4 is 0 Å². The second-order valence-electron chi connectivity index (χ2n) is 7.42. The van der Waals surface area contributed by atoms with Gasteiger partial charge in [-0.3, -0.25) is 19.2 Å². The molecule has 1 aromatic carbocycles. The summed E-state index contributed by atoms with van der Waals surface area (Å²) in [5.41, 5.74) is 0.209. The number of Topliss-reactive ketones (excluding diaryl/α,β-unsaturated/α-hetero) is 4. The van der Waals surface area contributed by atoms with Gasteiger partial charge in [-0.05, 0) is 55.4 Å². The second kappa shape index (κ2) is 6.17. The summed E-state index contributed by atoms with van der Waals surface area (Å²) < 4.78 is 0. The monoisotopic (exact) mass is 336 g/mol. The molecule has 0 N–H and O–H groups in total. The van der Waals surface area contributed by atoms with Crippen molar-refractivity contribution < 1.29 is 19.2 Å². The molecule has 3 saturated carbocycles. The van der Waals surface area contributed by atoms with Crippen molar-refractivity contribution in [2.45, 2.75) is 38.0 Å². The zero-order valence-corrected chi connectivity index (χ0v) is 13.9. The molecular weight excluding hydrogens is 316 g/mol. The van der Waals surface area contributed by atoms with Crippen molar-refractivity contribution in [1.29, 1.82) is 0 Å². The molecule has 3 fully saturated rings. The SMILES string of the molecule is O=C1C(=O)C(c2ccccc2)C(=O)C(=O)C1=CCC(C1CC1)C1CC1. The summed E-state index contributed by atoms with van der Waals surface area (Å²) in [7, 11) is 0. The number of allylic oxidation sites excluding steroid dienone is 2. The molecule has 3 aliphatic rings. The van der Waals surface area contributed by atoms with Gasteiger partial charge in [0.15, 0.2) is 0 Å². The van der Waals surface area contributed by atoms with Crippen molar-refractivity contribution in [1.82, 2.24) is 0 Å². The van der Waals surface area contributed by atoms with E-state index in [1.165, 1.54) is 25.7 Å². The van der Waals surface area contributed by atoms with E-state index in [1.807, 2.05) is 0 Å². The second-order valence-corrected chi connectivity index (χ2v) is 7.42. The third-order valence-electron chi connectivity index (χ3n) is 5.64. The fourth-order valence-electron chi connectivity index (χ4n) is 3.96. The van der Waals surface area contributed by atoms with E-state index < -0.39 is 29.1 Å². The van der Waals surface area contributed by atoms with Gasteiger partial charge < -0.3 is 0 Å². The number of hydrogen-bond donors (Lipinski definition) is 0. The van der Waals surface area contributed by atoms with Gasteiger partial charge in [0.1, 0.15) is 5.92 Å². The number of carbonyl (C=O) groups is 4. The first-order chi connectivity index (χ1) is 12.1. The highest BCUT2D eigenvalue weighted by molar-refractivity contribution is 6.69. The van der Waals surface area contributed by atoms with Crippen LogP contribution in [0.2, 0.25) is 0 Å². The molecule has 128 valence electrons. The predicted molar refractivity (Wildman–Crippen MR) is 90.8 cm³/mol. The molecule has 4 rings (SSSR count). The van der Waals surface area contributed by atoms with Gasteiger partial charge in [0, 0.05) is 0 Å². The molecule has 4 nitrogen and oxygen atoms in total. The normalized spacial score (nSPS) is 24.2. The third kappa shape index (κ3) is 3.01. The Morgan fingerprint density at radius 3 is 1.84 bits per heavy atom. The summed E-state index contributed by atoms with van der Waals surface area (Å²) in [6, 6.07) is 8.34. The van der Waals surface area contributed by atoms with E-state index in [4.69, 9.17) is 0 Å². The summed E-state index contributed by atoms with van der Waals surface area (Å²) in [5, 5.41) is 0. The minimum atomic E-state index is -1.28. The standard InChI is InChI=1S/C21H20O4/c22-18-16(11-10-15(12-6-7-12)13-8-9-13)19(23)21(25)17(20(18)24)14-4-2-1-3-5-14/h1-5,11-13,15,17H,6-10H2. The summed E-state index contributed by atoms with van der Waals surface area (Å²) in [6.45, 7) is 0. The molecule has 0 radical (unpaired) electrons. The number of carbonyl (C=O) groups excluding carboxylic acids is 4. The molecule has 25 heavy (non-hydrogen) atoms. The quantitative estimate of drug-likeness (QED) is 0.359. The van der Waals surface area contributed by atoms with Crippen molar-refractivity contribution in [2.24, 2.45) is 17.8 Å². The lowest BCUT2D eigenvalue weighted by molar-refractivity contribution is -0.146. The Kier molecular flexibility index (Phi) is 3.98. The first-order valence-electron chi connectivity index (χ1n) is 9.00. The molecule has 0 spiro atoms. The Morgan fingerprint density at radius 1 is 0.840 bits per heavy atom. The molecule has 0 unspecified atom stereocenters. The van der Waals surface area contributed by atoms with E-state index in [0.29, 0.717) is 29.7 Å². The lowest BCUT2D eigenvalue weighted by atomic mass is 9.77. The molecule has 0 atom stereocenters. The van der Waals surface area contributed by atoms with Crippen LogP contribution in [0.1, 0.15) is 43.6 Å².